The molecule has 0 aliphatic carbocycles. The van der Waals surface area contributed by atoms with Gasteiger partial charge in [-0.25, -0.2) is 4.39 Å². The second-order valence-corrected chi connectivity index (χ2v) is 5.92. The van der Waals surface area contributed by atoms with Crippen LogP contribution in [0.1, 0.15) is 18.3 Å². The third-order valence-electron chi connectivity index (χ3n) is 3.51. The van der Waals surface area contributed by atoms with E-state index in [1.807, 2.05) is 0 Å². The standard InChI is InChI=1S/C17H16FN3O4S/c18-12-4-1-3-11(9-12)16-17(21-26-20-16)25-10-15(23)19-7-6-13(22)14-5-2-8-24-14/h1-5,8-9,13,22H,6-7,10H2,(H,19,23). The molecule has 1 atom stereocenters. The van der Waals surface area contributed by atoms with Gasteiger partial charge >= 0.3 is 0 Å². The first-order chi connectivity index (χ1) is 12.6. The van der Waals surface area contributed by atoms with E-state index in [1.54, 1.807) is 24.3 Å². The minimum atomic E-state index is -0.784. The molecule has 7 nitrogen and oxygen atoms in total. The number of benzene rings is 1. The summed E-state index contributed by atoms with van der Waals surface area (Å²) in [5.41, 5.74) is 0.909. The molecule has 1 unspecified atom stereocenters. The van der Waals surface area contributed by atoms with Crippen LogP contribution in [0.3, 0.4) is 0 Å². The monoisotopic (exact) mass is 377 g/mol. The molecule has 9 heteroatoms. The molecule has 2 heterocycles. The minimum absolute atomic E-state index is 0.173. The molecule has 1 aromatic carbocycles. The predicted octanol–water partition coefficient (Wildman–Crippen LogP) is 2.56. The van der Waals surface area contributed by atoms with Crippen molar-refractivity contribution in [1.82, 2.24) is 14.1 Å². The van der Waals surface area contributed by atoms with Crippen molar-refractivity contribution in [2.45, 2.75) is 12.5 Å². The number of carbonyl (C=O) groups excluding carboxylic acids is 1. The number of aliphatic hydroxyl groups is 1. The number of rotatable bonds is 8. The van der Waals surface area contributed by atoms with E-state index in [0.29, 0.717) is 23.4 Å². The average Bonchev–Trinajstić information content (AvgIpc) is 3.31. The summed E-state index contributed by atoms with van der Waals surface area (Å²) in [5, 5.41) is 12.5. The Morgan fingerprint density at radius 3 is 3.00 bits per heavy atom. The van der Waals surface area contributed by atoms with Crippen LogP contribution in [0.5, 0.6) is 5.88 Å². The number of hydrogen-bond acceptors (Lipinski definition) is 7. The molecular formula is C17H16FN3O4S. The van der Waals surface area contributed by atoms with Gasteiger partial charge in [0, 0.05) is 12.1 Å². The van der Waals surface area contributed by atoms with Crippen molar-refractivity contribution >= 4 is 17.6 Å². The fourth-order valence-corrected chi connectivity index (χ4v) is 2.76. The molecule has 1 amide bonds. The van der Waals surface area contributed by atoms with Crippen molar-refractivity contribution in [3.8, 4) is 17.1 Å². The number of ether oxygens (including phenoxy) is 1. The largest absolute Gasteiger partial charge is 0.467 e. The lowest BCUT2D eigenvalue weighted by Gasteiger charge is -2.09. The van der Waals surface area contributed by atoms with Crippen LogP contribution in [0.4, 0.5) is 4.39 Å². The molecule has 0 fully saturated rings. The van der Waals surface area contributed by atoms with E-state index < -0.39 is 11.9 Å². The van der Waals surface area contributed by atoms with E-state index in [0.717, 1.165) is 11.7 Å². The topological polar surface area (TPSA) is 97.5 Å². The van der Waals surface area contributed by atoms with Crippen LogP contribution in [0.15, 0.2) is 47.1 Å². The highest BCUT2D eigenvalue weighted by atomic mass is 32.1. The van der Waals surface area contributed by atoms with Gasteiger partial charge in [0.05, 0.1) is 18.0 Å². The van der Waals surface area contributed by atoms with E-state index in [9.17, 15) is 14.3 Å². The van der Waals surface area contributed by atoms with Gasteiger partial charge in [-0.2, -0.15) is 4.37 Å². The van der Waals surface area contributed by atoms with Crippen molar-refractivity contribution in [2.24, 2.45) is 0 Å². The number of nitrogens with zero attached hydrogens (tertiary/aromatic N) is 2. The number of furan rings is 1. The smallest absolute Gasteiger partial charge is 0.258 e. The van der Waals surface area contributed by atoms with Crippen LogP contribution in [0.2, 0.25) is 0 Å². The lowest BCUT2D eigenvalue weighted by atomic mass is 10.1. The first-order valence-electron chi connectivity index (χ1n) is 7.83. The summed E-state index contributed by atoms with van der Waals surface area (Å²) in [6.45, 7) is 0.000700. The third-order valence-corrected chi connectivity index (χ3v) is 4.02. The van der Waals surface area contributed by atoms with Crippen molar-refractivity contribution < 1.29 is 23.4 Å². The molecule has 26 heavy (non-hydrogen) atoms. The van der Waals surface area contributed by atoms with Gasteiger partial charge in [-0.1, -0.05) is 12.1 Å². The van der Waals surface area contributed by atoms with Crippen LogP contribution in [0.25, 0.3) is 11.3 Å². The number of aromatic nitrogens is 2. The van der Waals surface area contributed by atoms with Gasteiger partial charge in [-0.15, -0.1) is 4.37 Å². The molecule has 0 spiro atoms. The van der Waals surface area contributed by atoms with E-state index >= 15 is 0 Å². The Bertz CT molecular complexity index is 853. The second-order valence-electron chi connectivity index (χ2n) is 5.39. The molecule has 0 bridgehead atoms. The van der Waals surface area contributed by atoms with Gasteiger partial charge < -0.3 is 19.6 Å². The van der Waals surface area contributed by atoms with Crippen molar-refractivity contribution in [1.29, 1.82) is 0 Å². The first kappa shape index (κ1) is 18.0. The molecule has 3 rings (SSSR count). The summed E-state index contributed by atoms with van der Waals surface area (Å²) in [6.07, 6.45) is 1.00. The highest BCUT2D eigenvalue weighted by Gasteiger charge is 2.15. The van der Waals surface area contributed by atoms with Gasteiger partial charge in [0.2, 0.25) is 0 Å². The predicted molar refractivity (Wildman–Crippen MR) is 92.1 cm³/mol. The van der Waals surface area contributed by atoms with Crippen molar-refractivity contribution in [3.63, 3.8) is 0 Å². The Morgan fingerprint density at radius 1 is 1.35 bits per heavy atom. The number of nitrogens with one attached hydrogen (secondary N) is 1. The molecule has 2 aromatic heterocycles. The summed E-state index contributed by atoms with van der Waals surface area (Å²) in [7, 11) is 0. The molecule has 0 aliphatic heterocycles. The van der Waals surface area contributed by atoms with E-state index in [2.05, 4.69) is 14.1 Å². The summed E-state index contributed by atoms with van der Waals surface area (Å²) in [5.74, 6) is -0.140. The number of aliphatic hydroxyl groups excluding tert-OH is 1. The van der Waals surface area contributed by atoms with E-state index in [4.69, 9.17) is 9.15 Å². The zero-order valence-corrected chi connectivity index (χ0v) is 14.4. The summed E-state index contributed by atoms with van der Waals surface area (Å²) in [4.78, 5) is 11.9. The Kier molecular flexibility index (Phi) is 5.92. The number of halogens is 1. The normalized spacial score (nSPS) is 11.9. The SMILES string of the molecule is O=C(COc1nsnc1-c1cccc(F)c1)NCCC(O)c1ccco1. The Hall–Kier alpha value is -2.78. The molecule has 0 aliphatic rings. The number of amides is 1. The van der Waals surface area contributed by atoms with Crippen molar-refractivity contribution in [2.75, 3.05) is 13.2 Å². The van der Waals surface area contributed by atoms with Gasteiger partial charge in [-0.3, -0.25) is 4.79 Å². The zero-order chi connectivity index (χ0) is 18.4. The van der Waals surface area contributed by atoms with Crippen LogP contribution in [-0.4, -0.2) is 32.9 Å². The fraction of sp³-hybridized carbons (Fsp3) is 0.235. The molecule has 0 radical (unpaired) electrons. The summed E-state index contributed by atoms with van der Waals surface area (Å²) in [6, 6.07) is 9.24. The lowest BCUT2D eigenvalue weighted by Crippen LogP contribution is -2.30. The third kappa shape index (κ3) is 4.64. The number of carbonyl (C=O) groups is 1. The molecular weight excluding hydrogens is 361 g/mol. The highest BCUT2D eigenvalue weighted by molar-refractivity contribution is 6.99. The van der Waals surface area contributed by atoms with Gasteiger partial charge in [0.1, 0.15) is 23.4 Å². The quantitative estimate of drug-likeness (QED) is 0.626. The molecule has 0 saturated carbocycles. The second kappa shape index (κ2) is 8.54. The van der Waals surface area contributed by atoms with Crippen LogP contribution in [-0.2, 0) is 4.79 Å². The molecule has 3 aromatic rings. The van der Waals surface area contributed by atoms with E-state index in [-0.39, 0.29) is 24.9 Å². The van der Waals surface area contributed by atoms with Crippen LogP contribution < -0.4 is 10.1 Å². The highest BCUT2D eigenvalue weighted by Crippen LogP contribution is 2.28. The maximum atomic E-state index is 13.3. The lowest BCUT2D eigenvalue weighted by molar-refractivity contribution is -0.123. The fourth-order valence-electron chi connectivity index (χ4n) is 2.24. The first-order valence-corrected chi connectivity index (χ1v) is 8.56. The molecule has 0 saturated heterocycles. The average molecular weight is 377 g/mol. The Labute approximate surface area is 152 Å². The zero-order valence-electron chi connectivity index (χ0n) is 13.6. The van der Waals surface area contributed by atoms with Gasteiger partial charge in [-0.05, 0) is 30.7 Å². The van der Waals surface area contributed by atoms with Crippen molar-refractivity contribution in [3.05, 3.63) is 54.2 Å². The van der Waals surface area contributed by atoms with E-state index in [1.165, 1.54) is 18.4 Å². The molecule has 2 N–H and O–H groups in total. The van der Waals surface area contributed by atoms with Crippen LogP contribution in [0, 0.1) is 5.82 Å². The Balaban J connectivity index is 1.47. The van der Waals surface area contributed by atoms with Gasteiger partial charge in [0.25, 0.3) is 11.8 Å². The number of hydrogen-bond donors (Lipinski definition) is 2. The molecule has 136 valence electrons. The van der Waals surface area contributed by atoms with Crippen LogP contribution >= 0.6 is 11.7 Å². The summed E-state index contributed by atoms with van der Waals surface area (Å²) < 4.78 is 31.9. The minimum Gasteiger partial charge on any atom is -0.467 e. The van der Waals surface area contributed by atoms with Gasteiger partial charge in [0.15, 0.2) is 6.61 Å². The Morgan fingerprint density at radius 2 is 2.23 bits per heavy atom. The summed E-state index contributed by atoms with van der Waals surface area (Å²) >= 11 is 0.916. The maximum absolute atomic E-state index is 13.3. The maximum Gasteiger partial charge on any atom is 0.258 e.